The fourth-order valence-electron chi connectivity index (χ4n) is 7.25. The second-order valence-corrected chi connectivity index (χ2v) is 18.1. The van der Waals surface area contributed by atoms with Crippen molar-refractivity contribution in [2.24, 2.45) is 0 Å². The van der Waals surface area contributed by atoms with Gasteiger partial charge in [-0.15, -0.1) is 0 Å². The van der Waals surface area contributed by atoms with Crippen LogP contribution in [0.25, 0.3) is 27.3 Å². The molecule has 0 spiro atoms. The molecule has 396 valence electrons. The maximum Gasteiger partial charge on any atom is 0.317 e. The number of benzene rings is 4. The smallest absolute Gasteiger partial charge is 0.317 e. The van der Waals surface area contributed by atoms with Crippen LogP contribution in [-0.2, 0) is 18.0 Å². The number of halogens is 2. The first-order chi connectivity index (χ1) is 36.8. The number of carboxylic acid groups (broad SMARTS) is 1. The average molecular weight is 1050 g/mol. The lowest BCUT2D eigenvalue weighted by atomic mass is 10.1. The van der Waals surface area contributed by atoms with Gasteiger partial charge in [-0.2, -0.15) is 9.78 Å². The number of nitrogen functional groups attached to an aromatic ring is 2. The molecule has 77 heavy (non-hydrogen) atoms. The molecule has 9 aromatic rings. The van der Waals surface area contributed by atoms with Crippen molar-refractivity contribution in [2.75, 3.05) is 32.1 Å². The minimum atomic E-state index is -0.787. The van der Waals surface area contributed by atoms with E-state index in [0.29, 0.717) is 68.8 Å². The van der Waals surface area contributed by atoms with Gasteiger partial charge < -0.3 is 40.4 Å². The van der Waals surface area contributed by atoms with Gasteiger partial charge in [-0.05, 0) is 82.4 Å². The van der Waals surface area contributed by atoms with E-state index in [9.17, 15) is 13.6 Å². The number of hydrogen-bond donors (Lipinski definition) is 3. The molecule has 5 aromatic heterocycles. The van der Waals surface area contributed by atoms with Crippen LogP contribution in [-0.4, -0.2) is 86.1 Å². The molecule has 0 aliphatic heterocycles. The molecule has 0 aliphatic carbocycles. The van der Waals surface area contributed by atoms with Crippen molar-refractivity contribution < 1.29 is 37.6 Å². The molecule has 9 rings (SSSR count). The largest absolute Gasteiger partial charge is 0.489 e. The summed E-state index contributed by atoms with van der Waals surface area (Å²) in [6.45, 7) is 19.6. The Morgan fingerprint density at radius 3 is 1.51 bits per heavy atom. The quantitative estimate of drug-likeness (QED) is 0.0761. The second kappa shape index (κ2) is 25.1. The molecular formula is C55H56F2N14O6. The number of carboxylic acids is 1. The maximum atomic E-state index is 14.2. The highest BCUT2D eigenvalue weighted by Crippen LogP contribution is 2.35. The van der Waals surface area contributed by atoms with Gasteiger partial charge in [0.15, 0.2) is 5.82 Å². The summed E-state index contributed by atoms with van der Waals surface area (Å²) >= 11 is 0. The minimum Gasteiger partial charge on any atom is -0.489 e. The van der Waals surface area contributed by atoms with Gasteiger partial charge in [0, 0.05) is 78.2 Å². The standard InChI is InChI=1S/C26H24FN7O2.C25H23FN6O2.C4H9NO2/c1-15(2)23-24-25(26(28)32-14-31-24)34(33-23)19-4-6-20(7-5-19)36-22-9-18(27)8-21(10-22)35-13-17-11-29-16(3)30-12-17;1-15(2)24-23(27)25(28-4)32(31-24)19-5-7-20(8-6-19)34-22-10-18(26)9-21(11-22)33-14-17-12-29-16(3)30-13-17;1-5(2)3-4(6)7/h4-12,14-15H,13H2,1-3H3,(H2,28,31,32);5-13,15H,14,27H2,1-3H3;3H2,1-2H3,(H,6,7). The number of anilines is 2. The van der Waals surface area contributed by atoms with E-state index in [-0.39, 0.29) is 43.2 Å². The summed E-state index contributed by atoms with van der Waals surface area (Å²) in [6, 6.07) is 22.5. The summed E-state index contributed by atoms with van der Waals surface area (Å²) < 4.78 is 54.7. The third-order valence-corrected chi connectivity index (χ3v) is 10.9. The summed E-state index contributed by atoms with van der Waals surface area (Å²) in [6.07, 6.45) is 8.12. The lowest BCUT2D eigenvalue weighted by Gasteiger charge is -2.11. The molecule has 0 saturated heterocycles. The number of hydrogen-bond acceptors (Lipinski definition) is 16. The van der Waals surface area contributed by atoms with Crippen molar-refractivity contribution in [1.82, 2.24) is 54.4 Å². The highest BCUT2D eigenvalue weighted by Gasteiger charge is 2.21. The Bertz CT molecular complexity index is 3490. The lowest BCUT2D eigenvalue weighted by Crippen LogP contribution is -2.20. The Morgan fingerprint density at radius 1 is 0.649 bits per heavy atom. The van der Waals surface area contributed by atoms with Gasteiger partial charge in [-0.1, -0.05) is 39.4 Å². The fraction of sp³-hybridized carbons (Fsp3) is 0.236. The first kappa shape index (κ1) is 55.1. The van der Waals surface area contributed by atoms with Gasteiger partial charge in [-0.3, -0.25) is 9.69 Å². The van der Waals surface area contributed by atoms with Gasteiger partial charge >= 0.3 is 5.97 Å². The third-order valence-electron chi connectivity index (χ3n) is 10.9. The molecule has 0 saturated carbocycles. The van der Waals surface area contributed by atoms with Crippen molar-refractivity contribution >= 4 is 34.3 Å². The van der Waals surface area contributed by atoms with E-state index < -0.39 is 17.6 Å². The molecule has 0 atom stereocenters. The third kappa shape index (κ3) is 14.8. The van der Waals surface area contributed by atoms with E-state index in [1.807, 2.05) is 39.8 Å². The summed E-state index contributed by atoms with van der Waals surface area (Å²) in [7, 11) is 3.43. The molecule has 0 bridgehead atoms. The topological polar surface area (TPSA) is 247 Å². The predicted molar refractivity (Wildman–Crippen MR) is 285 cm³/mol. The van der Waals surface area contributed by atoms with Crippen LogP contribution in [0.1, 0.15) is 73.7 Å². The van der Waals surface area contributed by atoms with Crippen molar-refractivity contribution in [3.8, 4) is 45.9 Å². The second-order valence-electron chi connectivity index (χ2n) is 18.1. The summed E-state index contributed by atoms with van der Waals surface area (Å²) in [4.78, 5) is 39.9. The van der Waals surface area contributed by atoms with E-state index in [2.05, 4.69) is 39.8 Å². The summed E-state index contributed by atoms with van der Waals surface area (Å²) in [5, 5.41) is 17.3. The first-order valence-electron chi connectivity index (χ1n) is 23.9. The maximum absolute atomic E-state index is 14.2. The number of nitrogens with two attached hydrogens (primary N) is 2. The molecule has 0 fully saturated rings. The van der Waals surface area contributed by atoms with Crippen LogP contribution in [0.3, 0.4) is 0 Å². The average Bonchev–Trinajstić information content (AvgIpc) is 3.96. The van der Waals surface area contributed by atoms with E-state index in [0.717, 1.165) is 28.0 Å². The van der Waals surface area contributed by atoms with E-state index in [4.69, 9.17) is 47.2 Å². The number of ether oxygens (including phenoxy) is 4. The fourth-order valence-corrected chi connectivity index (χ4v) is 7.25. The Labute approximate surface area is 442 Å². The zero-order valence-electron chi connectivity index (χ0n) is 43.5. The normalized spacial score (nSPS) is 10.9. The molecule has 20 nitrogen and oxygen atoms in total. The minimum absolute atomic E-state index is 0.0901. The van der Waals surface area contributed by atoms with Crippen LogP contribution in [0.2, 0.25) is 0 Å². The number of rotatable bonds is 16. The molecule has 0 amide bonds. The molecule has 5 heterocycles. The molecule has 5 N–H and O–H groups in total. The van der Waals surface area contributed by atoms with Crippen molar-refractivity contribution in [3.63, 3.8) is 0 Å². The van der Waals surface area contributed by atoms with Crippen LogP contribution in [0, 0.1) is 32.1 Å². The first-order valence-corrected chi connectivity index (χ1v) is 23.9. The molecule has 4 aromatic carbocycles. The zero-order chi connectivity index (χ0) is 55.3. The zero-order valence-corrected chi connectivity index (χ0v) is 43.5. The van der Waals surface area contributed by atoms with E-state index in [1.54, 1.807) is 111 Å². The number of likely N-dealkylation sites (N-methyl/N-ethyl adjacent to an activating group) is 1. The Morgan fingerprint density at radius 2 is 1.09 bits per heavy atom. The summed E-state index contributed by atoms with van der Waals surface area (Å²) in [5.41, 5.74) is 18.5. The van der Waals surface area contributed by atoms with Gasteiger partial charge in [0.2, 0.25) is 0 Å². The highest BCUT2D eigenvalue weighted by atomic mass is 19.1. The number of aryl methyl sites for hydroxylation is 2. The highest BCUT2D eigenvalue weighted by molar-refractivity contribution is 5.88. The van der Waals surface area contributed by atoms with Crippen LogP contribution in [0.4, 0.5) is 26.1 Å². The van der Waals surface area contributed by atoms with Crippen molar-refractivity contribution in [3.05, 3.63) is 173 Å². The Balaban J connectivity index is 0.000000199. The van der Waals surface area contributed by atoms with Crippen LogP contribution >= 0.6 is 0 Å². The number of fused-ring (bicyclic) bond motifs is 1. The van der Waals surface area contributed by atoms with Crippen LogP contribution < -0.4 is 30.4 Å². The van der Waals surface area contributed by atoms with Crippen molar-refractivity contribution in [2.45, 2.75) is 66.6 Å². The van der Waals surface area contributed by atoms with Gasteiger partial charge in [0.25, 0.3) is 5.82 Å². The van der Waals surface area contributed by atoms with Gasteiger partial charge in [-0.25, -0.2) is 43.4 Å². The SMILES string of the molecule is CN(C)CC(=O)O.Cc1ncc(COc2cc(F)cc(Oc3ccc(-n4nc(C(C)C)c5ncnc(N)c54)cc3)c2)cn1.[C-]#[N+]c1c(N)c(C(C)C)nn1-c1ccc(Oc2cc(F)cc(OCc3cnc(C)nc3)c2)cc1. The number of nitrogens with zero attached hydrogens (tertiary/aromatic N) is 12. The summed E-state index contributed by atoms with van der Waals surface area (Å²) in [5.74, 6) is 2.72. The van der Waals surface area contributed by atoms with E-state index >= 15 is 0 Å². The Kier molecular flexibility index (Phi) is 18.0. The lowest BCUT2D eigenvalue weighted by molar-refractivity contribution is -0.137. The molecule has 0 unspecified atom stereocenters. The number of carbonyl (C=O) groups is 1. The number of aromatic nitrogens is 10. The Hall–Kier alpha value is -9.62. The monoisotopic (exact) mass is 1050 g/mol. The molecule has 0 aliphatic rings. The van der Waals surface area contributed by atoms with Gasteiger partial charge in [0.1, 0.15) is 94.0 Å². The number of aliphatic carboxylic acids is 1. The molecular weight excluding hydrogens is 991 g/mol. The van der Waals surface area contributed by atoms with Crippen molar-refractivity contribution in [1.29, 1.82) is 0 Å². The van der Waals surface area contributed by atoms with Gasteiger partial charge in [0.05, 0.1) is 29.3 Å². The predicted octanol–water partition coefficient (Wildman–Crippen LogP) is 10.5. The molecule has 0 radical (unpaired) electrons. The van der Waals surface area contributed by atoms with E-state index in [1.165, 1.54) is 35.3 Å². The van der Waals surface area contributed by atoms with Crippen LogP contribution in [0.15, 0.2) is 116 Å². The van der Waals surface area contributed by atoms with Crippen LogP contribution in [0.5, 0.6) is 34.5 Å². The molecule has 22 heteroatoms.